The number of benzene rings is 1. The lowest BCUT2D eigenvalue weighted by Crippen LogP contribution is -1.94. The van der Waals surface area contributed by atoms with Crippen LogP contribution in [-0.2, 0) is 12.8 Å². The van der Waals surface area contributed by atoms with Crippen LogP contribution in [0.15, 0.2) is 30.3 Å². The highest BCUT2D eigenvalue weighted by Gasteiger charge is 2.11. The average molecular weight is 279 g/mol. The summed E-state index contributed by atoms with van der Waals surface area (Å²) in [5, 5.41) is 0.0948. The fourth-order valence-electron chi connectivity index (χ4n) is 1.99. The van der Waals surface area contributed by atoms with Crippen molar-refractivity contribution < 1.29 is 0 Å². The maximum absolute atomic E-state index is 6.51. The van der Waals surface area contributed by atoms with E-state index in [1.54, 1.807) is 0 Å². The van der Waals surface area contributed by atoms with Crippen molar-refractivity contribution in [2.75, 3.05) is 0 Å². The monoisotopic (exact) mass is 278 g/mol. The summed E-state index contributed by atoms with van der Waals surface area (Å²) >= 11 is 8.35. The lowest BCUT2D eigenvalue weighted by atomic mass is 10.0. The Morgan fingerprint density at radius 3 is 2.50 bits per heavy atom. The number of halogens is 1. The van der Waals surface area contributed by atoms with E-state index in [1.807, 2.05) is 11.3 Å². The predicted molar refractivity (Wildman–Crippen MR) is 81.9 cm³/mol. The molecule has 1 unspecified atom stereocenters. The molecule has 0 aliphatic carbocycles. The lowest BCUT2D eigenvalue weighted by Gasteiger charge is -2.09. The highest BCUT2D eigenvalue weighted by Crippen LogP contribution is 2.31. The van der Waals surface area contributed by atoms with Gasteiger partial charge in [0.05, 0.1) is 5.38 Å². The molecule has 0 bridgehead atoms. The molecular weight excluding hydrogens is 260 g/mol. The first kappa shape index (κ1) is 13.6. The average Bonchev–Trinajstić information content (AvgIpc) is 2.82. The van der Waals surface area contributed by atoms with E-state index in [2.05, 4.69) is 51.1 Å². The van der Waals surface area contributed by atoms with Crippen LogP contribution in [0.25, 0.3) is 0 Å². The topological polar surface area (TPSA) is 0 Å². The predicted octanol–water partition coefficient (Wildman–Crippen LogP) is 5.45. The molecule has 0 N–H and O–H groups in total. The molecule has 0 saturated heterocycles. The quantitative estimate of drug-likeness (QED) is 0.653. The summed E-state index contributed by atoms with van der Waals surface area (Å²) in [4.78, 5) is 2.70. The first-order valence-corrected chi connectivity index (χ1v) is 7.64. The Morgan fingerprint density at radius 2 is 1.89 bits per heavy atom. The molecule has 1 heterocycles. The summed E-state index contributed by atoms with van der Waals surface area (Å²) < 4.78 is 0. The molecular formula is C16H19ClS. The van der Waals surface area contributed by atoms with Crippen molar-refractivity contribution in [3.05, 3.63) is 56.8 Å². The van der Waals surface area contributed by atoms with Crippen LogP contribution < -0.4 is 0 Å². The van der Waals surface area contributed by atoms with Crippen LogP contribution in [-0.4, -0.2) is 0 Å². The molecule has 18 heavy (non-hydrogen) atoms. The van der Waals surface area contributed by atoms with Gasteiger partial charge >= 0.3 is 0 Å². The molecule has 1 aromatic heterocycles. The zero-order chi connectivity index (χ0) is 13.1. The van der Waals surface area contributed by atoms with Crippen molar-refractivity contribution in [1.82, 2.24) is 0 Å². The summed E-state index contributed by atoms with van der Waals surface area (Å²) in [6, 6.07) is 11.0. The van der Waals surface area contributed by atoms with Gasteiger partial charge in [0.1, 0.15) is 0 Å². The molecule has 0 fully saturated rings. The second-order valence-electron chi connectivity index (χ2n) is 4.75. The summed E-state index contributed by atoms with van der Waals surface area (Å²) in [5.74, 6) is 0. The molecule has 96 valence electrons. The Balaban J connectivity index is 2.10. The standard InChI is InChI=1S/C16H19ClS/c1-4-14-7-8-16(18-14)15(17)10-13-6-5-11(2)12(3)9-13/h5-9,15H,4,10H2,1-3H3. The molecule has 1 atom stereocenters. The smallest absolute Gasteiger partial charge is 0.0718 e. The van der Waals surface area contributed by atoms with Gasteiger partial charge in [-0.3, -0.25) is 0 Å². The van der Waals surface area contributed by atoms with Crippen molar-refractivity contribution in [2.24, 2.45) is 0 Å². The first-order valence-electron chi connectivity index (χ1n) is 6.39. The molecule has 0 nitrogen and oxygen atoms in total. The van der Waals surface area contributed by atoms with E-state index in [-0.39, 0.29) is 5.38 Å². The van der Waals surface area contributed by atoms with Crippen LogP contribution in [0.2, 0.25) is 0 Å². The Hall–Kier alpha value is -0.790. The third kappa shape index (κ3) is 3.15. The van der Waals surface area contributed by atoms with Crippen molar-refractivity contribution >= 4 is 22.9 Å². The van der Waals surface area contributed by atoms with Crippen LogP contribution in [0, 0.1) is 13.8 Å². The molecule has 2 rings (SSSR count). The number of aryl methyl sites for hydroxylation is 3. The van der Waals surface area contributed by atoms with Gasteiger partial charge in [0, 0.05) is 9.75 Å². The molecule has 0 radical (unpaired) electrons. The fourth-order valence-corrected chi connectivity index (χ4v) is 3.31. The van der Waals surface area contributed by atoms with E-state index < -0.39 is 0 Å². The van der Waals surface area contributed by atoms with E-state index in [0.717, 1.165) is 12.8 Å². The summed E-state index contributed by atoms with van der Waals surface area (Å²) in [6.07, 6.45) is 2.00. The Bertz CT molecular complexity index is 528. The number of thiophene rings is 1. The van der Waals surface area contributed by atoms with Gasteiger partial charge in [-0.2, -0.15) is 0 Å². The molecule has 0 saturated carbocycles. The van der Waals surface area contributed by atoms with Gasteiger partial charge in [-0.05, 0) is 55.5 Å². The molecule has 0 spiro atoms. The number of rotatable bonds is 4. The Morgan fingerprint density at radius 1 is 1.11 bits per heavy atom. The number of hydrogen-bond donors (Lipinski definition) is 0. The van der Waals surface area contributed by atoms with Gasteiger partial charge in [0.2, 0.25) is 0 Å². The van der Waals surface area contributed by atoms with Crippen LogP contribution in [0.4, 0.5) is 0 Å². The van der Waals surface area contributed by atoms with Crippen LogP contribution in [0.1, 0.15) is 38.7 Å². The van der Waals surface area contributed by atoms with E-state index in [4.69, 9.17) is 11.6 Å². The van der Waals surface area contributed by atoms with Gasteiger partial charge in [0.25, 0.3) is 0 Å². The van der Waals surface area contributed by atoms with E-state index in [1.165, 1.54) is 26.4 Å². The van der Waals surface area contributed by atoms with Crippen molar-refractivity contribution in [3.8, 4) is 0 Å². The SMILES string of the molecule is CCc1ccc(C(Cl)Cc2ccc(C)c(C)c2)s1. The third-order valence-corrected chi connectivity index (χ3v) is 5.19. The van der Waals surface area contributed by atoms with Crippen LogP contribution in [0.3, 0.4) is 0 Å². The van der Waals surface area contributed by atoms with Crippen molar-refractivity contribution in [3.63, 3.8) is 0 Å². The largest absolute Gasteiger partial charge is 0.144 e. The summed E-state index contributed by atoms with van der Waals surface area (Å²) in [5.41, 5.74) is 4.01. The maximum atomic E-state index is 6.51. The molecule has 2 aromatic rings. The second kappa shape index (κ2) is 5.90. The molecule has 1 aromatic carbocycles. The number of alkyl halides is 1. The molecule has 0 amide bonds. The normalized spacial score (nSPS) is 12.7. The minimum absolute atomic E-state index is 0.0948. The van der Waals surface area contributed by atoms with Gasteiger partial charge in [-0.15, -0.1) is 22.9 Å². The van der Waals surface area contributed by atoms with Gasteiger partial charge in [-0.25, -0.2) is 0 Å². The van der Waals surface area contributed by atoms with Crippen LogP contribution >= 0.6 is 22.9 Å². The first-order chi connectivity index (χ1) is 8.60. The highest BCUT2D eigenvalue weighted by atomic mass is 35.5. The summed E-state index contributed by atoms with van der Waals surface area (Å²) in [6.45, 7) is 6.48. The lowest BCUT2D eigenvalue weighted by molar-refractivity contribution is 0.936. The summed E-state index contributed by atoms with van der Waals surface area (Å²) in [7, 11) is 0. The van der Waals surface area contributed by atoms with Crippen molar-refractivity contribution in [1.29, 1.82) is 0 Å². The van der Waals surface area contributed by atoms with Gasteiger partial charge < -0.3 is 0 Å². The Labute approximate surface area is 119 Å². The highest BCUT2D eigenvalue weighted by molar-refractivity contribution is 7.12. The zero-order valence-electron chi connectivity index (χ0n) is 11.2. The van der Waals surface area contributed by atoms with Crippen molar-refractivity contribution in [2.45, 2.75) is 39.0 Å². The maximum Gasteiger partial charge on any atom is 0.0718 e. The third-order valence-electron chi connectivity index (χ3n) is 3.33. The van der Waals surface area contributed by atoms with E-state index >= 15 is 0 Å². The van der Waals surface area contributed by atoms with E-state index in [0.29, 0.717) is 0 Å². The zero-order valence-corrected chi connectivity index (χ0v) is 12.7. The van der Waals surface area contributed by atoms with E-state index in [9.17, 15) is 0 Å². The molecule has 2 heteroatoms. The molecule has 0 aliphatic heterocycles. The minimum Gasteiger partial charge on any atom is -0.144 e. The number of hydrogen-bond acceptors (Lipinski definition) is 1. The van der Waals surface area contributed by atoms with Crippen LogP contribution in [0.5, 0.6) is 0 Å². The fraction of sp³-hybridized carbons (Fsp3) is 0.375. The minimum atomic E-state index is 0.0948. The second-order valence-corrected chi connectivity index (χ2v) is 6.47. The van der Waals surface area contributed by atoms with Gasteiger partial charge in [0.15, 0.2) is 0 Å². The van der Waals surface area contributed by atoms with Gasteiger partial charge in [-0.1, -0.05) is 25.1 Å². The molecule has 0 aliphatic rings. The Kier molecular flexibility index (Phi) is 4.47.